The molecule has 0 aliphatic carbocycles. The van der Waals surface area contributed by atoms with Gasteiger partial charge in [-0.3, -0.25) is 4.79 Å². The second-order valence-corrected chi connectivity index (χ2v) is 4.30. The molecule has 0 aliphatic heterocycles. The van der Waals surface area contributed by atoms with Gasteiger partial charge in [-0.2, -0.15) is 10.2 Å². The lowest BCUT2D eigenvalue weighted by atomic mass is 10.1. The summed E-state index contributed by atoms with van der Waals surface area (Å²) in [4.78, 5) is 12.0. The molecular weight excluding hydrogens is 228 g/mol. The van der Waals surface area contributed by atoms with Crippen molar-refractivity contribution in [1.29, 1.82) is 0 Å². The molecule has 18 heavy (non-hydrogen) atoms. The molecule has 5 nitrogen and oxygen atoms in total. The third-order valence-corrected chi connectivity index (χ3v) is 2.74. The van der Waals surface area contributed by atoms with E-state index in [4.69, 9.17) is 5.73 Å². The van der Waals surface area contributed by atoms with Crippen LogP contribution in [0.1, 0.15) is 47.9 Å². The predicted molar refractivity (Wildman–Crippen MR) is 71.4 cm³/mol. The molecule has 5 heteroatoms. The molecule has 0 radical (unpaired) electrons. The standard InChI is InChI=1S/C13H22N4O/c1-3-12-11(9-10(2)16-17-12)13(18)15-8-6-4-5-7-14/h9H,3-8,14H2,1-2H3,(H,15,18). The second kappa shape index (κ2) is 7.76. The normalized spacial score (nSPS) is 10.4. The SMILES string of the molecule is CCc1nnc(C)cc1C(=O)NCCCCCN. The van der Waals surface area contributed by atoms with E-state index in [1.54, 1.807) is 6.07 Å². The average Bonchev–Trinajstić information content (AvgIpc) is 2.38. The third kappa shape index (κ3) is 4.41. The Labute approximate surface area is 108 Å². The highest BCUT2D eigenvalue weighted by Crippen LogP contribution is 2.07. The molecule has 1 aromatic heterocycles. The van der Waals surface area contributed by atoms with Crippen molar-refractivity contribution in [2.75, 3.05) is 13.1 Å². The highest BCUT2D eigenvalue weighted by atomic mass is 16.1. The van der Waals surface area contributed by atoms with E-state index < -0.39 is 0 Å². The van der Waals surface area contributed by atoms with Gasteiger partial charge in [0.1, 0.15) is 0 Å². The fraction of sp³-hybridized carbons (Fsp3) is 0.615. The minimum Gasteiger partial charge on any atom is -0.352 e. The van der Waals surface area contributed by atoms with Gasteiger partial charge in [0.25, 0.3) is 5.91 Å². The molecule has 1 aromatic rings. The van der Waals surface area contributed by atoms with Gasteiger partial charge in [-0.15, -0.1) is 0 Å². The minimum atomic E-state index is -0.0578. The summed E-state index contributed by atoms with van der Waals surface area (Å²) in [6, 6.07) is 1.79. The van der Waals surface area contributed by atoms with Crippen LogP contribution in [0.25, 0.3) is 0 Å². The van der Waals surface area contributed by atoms with Gasteiger partial charge in [-0.1, -0.05) is 13.3 Å². The van der Waals surface area contributed by atoms with Gasteiger partial charge in [0.05, 0.1) is 17.0 Å². The Kier molecular flexibility index (Phi) is 6.28. The highest BCUT2D eigenvalue weighted by Gasteiger charge is 2.11. The molecule has 0 atom stereocenters. The zero-order chi connectivity index (χ0) is 13.4. The number of unbranched alkanes of at least 4 members (excludes halogenated alkanes) is 2. The van der Waals surface area contributed by atoms with Crippen LogP contribution in [0.4, 0.5) is 0 Å². The Morgan fingerprint density at radius 1 is 1.33 bits per heavy atom. The van der Waals surface area contributed by atoms with Crippen molar-refractivity contribution in [2.45, 2.75) is 39.5 Å². The molecule has 0 aromatic carbocycles. The summed E-state index contributed by atoms with van der Waals surface area (Å²) in [5.41, 5.74) is 7.57. The zero-order valence-corrected chi connectivity index (χ0v) is 11.2. The molecule has 0 fully saturated rings. The molecule has 0 aliphatic rings. The first-order valence-corrected chi connectivity index (χ1v) is 6.50. The fourth-order valence-electron chi connectivity index (χ4n) is 1.72. The quantitative estimate of drug-likeness (QED) is 0.713. The van der Waals surface area contributed by atoms with Gasteiger partial charge < -0.3 is 11.1 Å². The first kappa shape index (κ1) is 14.6. The van der Waals surface area contributed by atoms with Crippen LogP contribution in [0.15, 0.2) is 6.07 Å². The van der Waals surface area contributed by atoms with Crippen molar-refractivity contribution in [3.05, 3.63) is 23.0 Å². The van der Waals surface area contributed by atoms with Gasteiger partial charge in [0.15, 0.2) is 0 Å². The van der Waals surface area contributed by atoms with Crippen LogP contribution < -0.4 is 11.1 Å². The number of aromatic nitrogens is 2. The Morgan fingerprint density at radius 2 is 2.11 bits per heavy atom. The van der Waals surface area contributed by atoms with Gasteiger partial charge in [0.2, 0.25) is 0 Å². The maximum Gasteiger partial charge on any atom is 0.253 e. The number of rotatable bonds is 7. The summed E-state index contributed by atoms with van der Waals surface area (Å²) < 4.78 is 0. The van der Waals surface area contributed by atoms with Gasteiger partial charge in [0, 0.05) is 6.54 Å². The fourth-order valence-corrected chi connectivity index (χ4v) is 1.72. The van der Waals surface area contributed by atoms with Crippen molar-refractivity contribution in [3.63, 3.8) is 0 Å². The molecule has 0 bridgehead atoms. The Bertz CT molecular complexity index is 393. The van der Waals surface area contributed by atoms with Crippen molar-refractivity contribution < 1.29 is 4.79 Å². The molecule has 100 valence electrons. The summed E-state index contributed by atoms with van der Waals surface area (Å²) in [6.07, 6.45) is 3.72. The first-order valence-electron chi connectivity index (χ1n) is 6.50. The van der Waals surface area contributed by atoms with Crippen LogP contribution in [-0.4, -0.2) is 29.2 Å². The summed E-state index contributed by atoms with van der Waals surface area (Å²) in [5.74, 6) is -0.0578. The predicted octanol–water partition coefficient (Wildman–Crippen LogP) is 1.21. The summed E-state index contributed by atoms with van der Waals surface area (Å²) in [6.45, 7) is 5.20. The number of amides is 1. The number of nitrogens with one attached hydrogen (secondary N) is 1. The Hall–Kier alpha value is -1.49. The van der Waals surface area contributed by atoms with Crippen molar-refractivity contribution >= 4 is 5.91 Å². The van der Waals surface area contributed by atoms with Crippen molar-refractivity contribution in [2.24, 2.45) is 5.73 Å². The highest BCUT2D eigenvalue weighted by molar-refractivity contribution is 5.95. The largest absolute Gasteiger partial charge is 0.352 e. The third-order valence-electron chi connectivity index (χ3n) is 2.74. The number of hydrogen-bond acceptors (Lipinski definition) is 4. The molecule has 3 N–H and O–H groups in total. The van der Waals surface area contributed by atoms with Crippen molar-refractivity contribution in [3.8, 4) is 0 Å². The van der Waals surface area contributed by atoms with Crippen LogP contribution in [0.3, 0.4) is 0 Å². The Balaban J connectivity index is 2.52. The maximum absolute atomic E-state index is 12.0. The van der Waals surface area contributed by atoms with E-state index in [2.05, 4.69) is 15.5 Å². The number of aryl methyl sites for hydroxylation is 2. The van der Waals surface area contributed by atoms with E-state index in [0.717, 1.165) is 30.7 Å². The first-order chi connectivity index (χ1) is 8.69. The van der Waals surface area contributed by atoms with Gasteiger partial charge in [-0.05, 0) is 38.8 Å². The second-order valence-electron chi connectivity index (χ2n) is 4.30. The van der Waals surface area contributed by atoms with Gasteiger partial charge in [-0.25, -0.2) is 0 Å². The molecule has 0 spiro atoms. The zero-order valence-electron chi connectivity index (χ0n) is 11.2. The van der Waals surface area contributed by atoms with E-state index >= 15 is 0 Å². The average molecular weight is 250 g/mol. The van der Waals surface area contributed by atoms with Crippen LogP contribution in [-0.2, 0) is 6.42 Å². The van der Waals surface area contributed by atoms with E-state index in [1.165, 1.54) is 0 Å². The molecule has 1 heterocycles. The van der Waals surface area contributed by atoms with Gasteiger partial charge >= 0.3 is 0 Å². The van der Waals surface area contributed by atoms with Crippen LogP contribution in [0, 0.1) is 6.92 Å². The van der Waals surface area contributed by atoms with Crippen LogP contribution in [0.5, 0.6) is 0 Å². The number of nitrogens with zero attached hydrogens (tertiary/aromatic N) is 2. The smallest absolute Gasteiger partial charge is 0.253 e. The maximum atomic E-state index is 12.0. The van der Waals surface area contributed by atoms with E-state index in [-0.39, 0.29) is 5.91 Å². The molecular formula is C13H22N4O. The van der Waals surface area contributed by atoms with Crippen molar-refractivity contribution in [1.82, 2.24) is 15.5 Å². The van der Waals surface area contributed by atoms with Crippen LogP contribution in [0.2, 0.25) is 0 Å². The Morgan fingerprint density at radius 3 is 2.78 bits per heavy atom. The number of nitrogens with two attached hydrogens (primary N) is 1. The monoisotopic (exact) mass is 250 g/mol. The molecule has 0 saturated carbocycles. The minimum absolute atomic E-state index is 0.0578. The number of hydrogen-bond donors (Lipinski definition) is 2. The lowest BCUT2D eigenvalue weighted by Gasteiger charge is -2.08. The molecule has 0 saturated heterocycles. The van der Waals surface area contributed by atoms with E-state index in [9.17, 15) is 4.79 Å². The van der Waals surface area contributed by atoms with E-state index in [1.807, 2.05) is 13.8 Å². The van der Waals surface area contributed by atoms with Crippen LogP contribution >= 0.6 is 0 Å². The molecule has 1 rings (SSSR count). The molecule has 1 amide bonds. The lowest BCUT2D eigenvalue weighted by molar-refractivity contribution is 0.0951. The summed E-state index contributed by atoms with van der Waals surface area (Å²) in [7, 11) is 0. The topological polar surface area (TPSA) is 80.9 Å². The summed E-state index contributed by atoms with van der Waals surface area (Å²) in [5, 5.41) is 10.9. The molecule has 0 unspecified atom stereocenters. The number of carbonyl (C=O) groups is 1. The number of carbonyl (C=O) groups excluding carboxylic acids is 1. The lowest BCUT2D eigenvalue weighted by Crippen LogP contribution is -2.26. The van der Waals surface area contributed by atoms with E-state index in [0.29, 0.717) is 25.1 Å². The summed E-state index contributed by atoms with van der Waals surface area (Å²) >= 11 is 0.